The molecule has 4 heteroatoms. The zero-order valence-electron chi connectivity index (χ0n) is 11.0. The Morgan fingerprint density at radius 1 is 1.50 bits per heavy atom. The lowest BCUT2D eigenvalue weighted by molar-refractivity contribution is -0.131. The molecule has 98 valence electrons. The molecule has 0 radical (unpaired) electrons. The number of carbonyl (C=O) groups is 1. The van der Waals surface area contributed by atoms with Gasteiger partial charge in [-0.05, 0) is 37.4 Å². The Morgan fingerprint density at radius 3 is 2.78 bits per heavy atom. The van der Waals surface area contributed by atoms with Gasteiger partial charge in [0.15, 0.2) is 0 Å². The number of carboxylic acids is 1. The highest BCUT2D eigenvalue weighted by atomic mass is 16.5. The van der Waals surface area contributed by atoms with Crippen LogP contribution in [0.15, 0.2) is 24.3 Å². The van der Waals surface area contributed by atoms with Crippen LogP contribution in [0, 0.1) is 0 Å². The highest BCUT2D eigenvalue weighted by Crippen LogP contribution is 2.22. The molecular weight excluding hydrogens is 230 g/mol. The van der Waals surface area contributed by atoms with Crippen LogP contribution in [-0.4, -0.2) is 36.7 Å². The summed E-state index contributed by atoms with van der Waals surface area (Å²) in [5.74, 6) is -0.288. The second-order valence-corrected chi connectivity index (χ2v) is 4.08. The van der Waals surface area contributed by atoms with Gasteiger partial charge >= 0.3 is 5.97 Å². The van der Waals surface area contributed by atoms with E-state index in [0.717, 1.165) is 30.3 Å². The van der Waals surface area contributed by atoms with E-state index in [1.807, 2.05) is 25.2 Å². The molecule has 18 heavy (non-hydrogen) atoms. The fraction of sp³-hybridized carbons (Fsp3) is 0.357. The van der Waals surface area contributed by atoms with Crippen molar-refractivity contribution in [2.75, 3.05) is 20.7 Å². The Hall–Kier alpha value is -1.81. The van der Waals surface area contributed by atoms with Crippen LogP contribution in [0.1, 0.15) is 18.1 Å². The van der Waals surface area contributed by atoms with E-state index < -0.39 is 5.97 Å². The van der Waals surface area contributed by atoms with Crippen molar-refractivity contribution in [3.8, 4) is 5.75 Å². The molecule has 0 aliphatic rings. The van der Waals surface area contributed by atoms with E-state index in [9.17, 15) is 4.79 Å². The number of hydrogen-bond acceptors (Lipinski definition) is 3. The van der Waals surface area contributed by atoms with Gasteiger partial charge in [0.25, 0.3) is 0 Å². The largest absolute Gasteiger partial charge is 0.496 e. The fourth-order valence-corrected chi connectivity index (χ4v) is 1.60. The number of nitrogens with zero attached hydrogens (tertiary/aromatic N) is 1. The first-order chi connectivity index (χ1) is 8.56. The van der Waals surface area contributed by atoms with Gasteiger partial charge in [-0.15, -0.1) is 0 Å². The van der Waals surface area contributed by atoms with E-state index >= 15 is 0 Å². The monoisotopic (exact) mass is 249 g/mol. The van der Waals surface area contributed by atoms with Crippen LogP contribution in [0.2, 0.25) is 0 Å². The average molecular weight is 249 g/mol. The minimum absolute atomic E-state index is 0.676. The molecular formula is C14H19NO3. The van der Waals surface area contributed by atoms with E-state index in [0.29, 0.717) is 5.75 Å². The van der Waals surface area contributed by atoms with E-state index in [2.05, 4.69) is 11.8 Å². The fourth-order valence-electron chi connectivity index (χ4n) is 1.60. The summed E-state index contributed by atoms with van der Waals surface area (Å²) in [5, 5.41) is 8.66. The van der Waals surface area contributed by atoms with Crippen LogP contribution in [0.4, 0.5) is 0 Å². The second-order valence-electron chi connectivity index (χ2n) is 4.08. The van der Waals surface area contributed by atoms with Gasteiger partial charge in [0.2, 0.25) is 0 Å². The maximum absolute atomic E-state index is 10.5. The summed E-state index contributed by atoms with van der Waals surface area (Å²) < 4.78 is 5.21. The maximum atomic E-state index is 10.5. The number of methoxy groups -OCH3 is 1. The number of benzene rings is 1. The first kappa shape index (κ1) is 14.3. The van der Waals surface area contributed by atoms with Crippen molar-refractivity contribution < 1.29 is 14.6 Å². The summed E-state index contributed by atoms with van der Waals surface area (Å²) in [6.07, 6.45) is 2.67. The molecule has 0 saturated heterocycles. The summed E-state index contributed by atoms with van der Waals surface area (Å²) in [5.41, 5.74) is 1.91. The first-order valence-electron chi connectivity index (χ1n) is 5.83. The van der Waals surface area contributed by atoms with Gasteiger partial charge in [-0.2, -0.15) is 0 Å². The van der Waals surface area contributed by atoms with Gasteiger partial charge in [0.05, 0.1) is 7.11 Å². The van der Waals surface area contributed by atoms with Gasteiger partial charge < -0.3 is 14.7 Å². The minimum atomic E-state index is -0.965. The summed E-state index contributed by atoms with van der Waals surface area (Å²) in [4.78, 5) is 12.7. The Balaban J connectivity index is 2.97. The predicted octanol–water partition coefficient (Wildman–Crippen LogP) is 2.24. The van der Waals surface area contributed by atoms with E-state index in [4.69, 9.17) is 9.84 Å². The van der Waals surface area contributed by atoms with E-state index in [-0.39, 0.29) is 0 Å². The third kappa shape index (κ3) is 4.22. The average Bonchev–Trinajstić information content (AvgIpc) is 2.36. The number of ether oxygens (including phenoxy) is 1. The van der Waals surface area contributed by atoms with Gasteiger partial charge in [-0.1, -0.05) is 13.0 Å². The van der Waals surface area contributed by atoms with E-state index in [1.165, 1.54) is 0 Å². The molecule has 0 aromatic heterocycles. The molecule has 0 aliphatic carbocycles. The van der Waals surface area contributed by atoms with Crippen LogP contribution < -0.4 is 4.74 Å². The SMILES string of the molecule is CCN(C)Cc1ccc(OC)c(C=CC(=O)O)c1. The molecule has 0 amide bonds. The highest BCUT2D eigenvalue weighted by Gasteiger charge is 2.04. The molecule has 1 aromatic rings. The second kappa shape index (κ2) is 6.81. The Morgan fingerprint density at radius 2 is 2.22 bits per heavy atom. The third-order valence-electron chi connectivity index (χ3n) is 2.69. The van der Waals surface area contributed by atoms with Crippen LogP contribution >= 0.6 is 0 Å². The normalized spacial score (nSPS) is 11.1. The summed E-state index contributed by atoms with van der Waals surface area (Å²) >= 11 is 0. The van der Waals surface area contributed by atoms with Crippen molar-refractivity contribution in [3.63, 3.8) is 0 Å². The van der Waals surface area contributed by atoms with Crippen LogP contribution in [0.5, 0.6) is 5.75 Å². The lowest BCUT2D eigenvalue weighted by Gasteiger charge is -2.15. The van der Waals surface area contributed by atoms with Gasteiger partial charge in [0.1, 0.15) is 5.75 Å². The zero-order valence-corrected chi connectivity index (χ0v) is 11.0. The molecule has 4 nitrogen and oxygen atoms in total. The molecule has 0 spiro atoms. The van der Waals surface area contributed by atoms with E-state index in [1.54, 1.807) is 13.2 Å². The molecule has 0 saturated carbocycles. The molecule has 0 bridgehead atoms. The lowest BCUT2D eigenvalue weighted by atomic mass is 10.1. The molecule has 1 rings (SSSR count). The van der Waals surface area contributed by atoms with Crippen molar-refractivity contribution in [1.82, 2.24) is 4.90 Å². The highest BCUT2D eigenvalue weighted by molar-refractivity contribution is 5.85. The third-order valence-corrected chi connectivity index (χ3v) is 2.69. The number of aliphatic carboxylic acids is 1. The van der Waals surface area contributed by atoms with Crippen LogP contribution in [0.25, 0.3) is 6.08 Å². The van der Waals surface area contributed by atoms with Crippen molar-refractivity contribution in [1.29, 1.82) is 0 Å². The molecule has 0 unspecified atom stereocenters. The molecule has 1 aromatic carbocycles. The van der Waals surface area contributed by atoms with Gasteiger partial charge in [-0.3, -0.25) is 0 Å². The Kier molecular flexibility index (Phi) is 5.39. The maximum Gasteiger partial charge on any atom is 0.328 e. The molecule has 0 aliphatic heterocycles. The lowest BCUT2D eigenvalue weighted by Crippen LogP contribution is -2.16. The number of carboxylic acid groups (broad SMARTS) is 1. The van der Waals surface area contributed by atoms with Crippen molar-refractivity contribution in [2.24, 2.45) is 0 Å². The molecule has 0 fully saturated rings. The summed E-state index contributed by atoms with van der Waals surface area (Å²) in [6, 6.07) is 5.80. The predicted molar refractivity (Wildman–Crippen MR) is 71.7 cm³/mol. The number of rotatable bonds is 6. The number of hydrogen-bond donors (Lipinski definition) is 1. The summed E-state index contributed by atoms with van der Waals surface area (Å²) in [7, 11) is 3.61. The van der Waals surface area contributed by atoms with Crippen LogP contribution in [0.3, 0.4) is 0 Å². The molecule has 0 heterocycles. The topological polar surface area (TPSA) is 49.8 Å². The zero-order chi connectivity index (χ0) is 13.5. The standard InChI is InChI=1S/C14H19NO3/c1-4-15(2)10-11-5-7-13(18-3)12(9-11)6-8-14(16)17/h5-9H,4,10H2,1-3H3,(H,16,17). The van der Waals surface area contributed by atoms with Crippen molar-refractivity contribution in [2.45, 2.75) is 13.5 Å². The van der Waals surface area contributed by atoms with Gasteiger partial charge in [-0.25, -0.2) is 4.79 Å². The van der Waals surface area contributed by atoms with Gasteiger partial charge in [0, 0.05) is 18.2 Å². The summed E-state index contributed by atoms with van der Waals surface area (Å²) in [6.45, 7) is 3.88. The molecule has 1 N–H and O–H groups in total. The quantitative estimate of drug-likeness (QED) is 0.786. The van der Waals surface area contributed by atoms with Crippen molar-refractivity contribution >= 4 is 12.0 Å². The minimum Gasteiger partial charge on any atom is -0.496 e. The van der Waals surface area contributed by atoms with Crippen molar-refractivity contribution in [3.05, 3.63) is 35.4 Å². The first-order valence-corrected chi connectivity index (χ1v) is 5.83. The Bertz CT molecular complexity index is 441. The molecule has 0 atom stereocenters. The van der Waals surface area contributed by atoms with Crippen LogP contribution in [-0.2, 0) is 11.3 Å². The Labute approximate surface area is 107 Å². The smallest absolute Gasteiger partial charge is 0.328 e.